The summed E-state index contributed by atoms with van der Waals surface area (Å²) in [6, 6.07) is 1.63. The van der Waals surface area contributed by atoms with Crippen molar-refractivity contribution in [1.29, 1.82) is 0 Å². The van der Waals surface area contributed by atoms with Gasteiger partial charge in [-0.15, -0.1) is 11.6 Å². The van der Waals surface area contributed by atoms with Crippen LogP contribution >= 0.6 is 11.6 Å². The molecule has 1 heterocycles. The van der Waals surface area contributed by atoms with E-state index in [1.165, 1.54) is 4.31 Å². The van der Waals surface area contributed by atoms with Crippen LogP contribution in [0.4, 0.5) is 0 Å². The molecule has 0 aliphatic heterocycles. The van der Waals surface area contributed by atoms with Crippen molar-refractivity contribution < 1.29 is 13.2 Å². The van der Waals surface area contributed by atoms with Gasteiger partial charge in [0.05, 0.1) is 18.6 Å². The SMILES string of the molecule is CCn1cc(S(=O)(=O)N(C)CCOC(C)C)cc1CCl. The summed E-state index contributed by atoms with van der Waals surface area (Å²) in [5.41, 5.74) is 0.805. The predicted octanol–water partition coefficient (Wildman–Crippen LogP) is 2.29. The predicted molar refractivity (Wildman–Crippen MR) is 80.6 cm³/mol. The number of likely N-dealkylation sites (N-methyl/N-ethyl adjacent to an activating group) is 1. The number of hydrogen-bond acceptors (Lipinski definition) is 3. The van der Waals surface area contributed by atoms with Crippen molar-refractivity contribution in [2.24, 2.45) is 0 Å². The van der Waals surface area contributed by atoms with Crippen molar-refractivity contribution in [3.05, 3.63) is 18.0 Å². The summed E-state index contributed by atoms with van der Waals surface area (Å²) in [4.78, 5) is 0.280. The van der Waals surface area contributed by atoms with Gasteiger partial charge in [-0.1, -0.05) is 0 Å². The van der Waals surface area contributed by atoms with Crippen molar-refractivity contribution in [2.75, 3.05) is 20.2 Å². The fourth-order valence-corrected chi connectivity index (χ4v) is 3.24. The second-order valence-electron chi connectivity index (χ2n) is 4.83. The van der Waals surface area contributed by atoms with Crippen LogP contribution in [0.2, 0.25) is 0 Å². The summed E-state index contributed by atoms with van der Waals surface area (Å²) in [7, 11) is -1.93. The van der Waals surface area contributed by atoms with Gasteiger partial charge in [0.25, 0.3) is 0 Å². The lowest BCUT2D eigenvalue weighted by Gasteiger charge is -2.17. The number of hydrogen-bond donors (Lipinski definition) is 0. The first-order chi connectivity index (χ1) is 9.32. The molecule has 0 aromatic carbocycles. The molecule has 7 heteroatoms. The van der Waals surface area contributed by atoms with Gasteiger partial charge in [0, 0.05) is 32.0 Å². The van der Waals surface area contributed by atoms with Crippen LogP contribution in [0.1, 0.15) is 26.5 Å². The Morgan fingerprint density at radius 3 is 2.55 bits per heavy atom. The molecule has 1 rings (SSSR count). The maximum Gasteiger partial charge on any atom is 0.244 e. The lowest BCUT2D eigenvalue weighted by Crippen LogP contribution is -2.30. The minimum Gasteiger partial charge on any atom is -0.377 e. The number of halogens is 1. The van der Waals surface area contributed by atoms with Gasteiger partial charge in [0.1, 0.15) is 4.90 Å². The van der Waals surface area contributed by atoms with E-state index in [-0.39, 0.29) is 11.0 Å². The number of aromatic nitrogens is 1. The molecule has 0 atom stereocenters. The summed E-state index contributed by atoms with van der Waals surface area (Å²) in [6.07, 6.45) is 1.72. The highest BCUT2D eigenvalue weighted by Gasteiger charge is 2.23. The lowest BCUT2D eigenvalue weighted by molar-refractivity contribution is 0.0737. The average Bonchev–Trinajstić information content (AvgIpc) is 2.81. The smallest absolute Gasteiger partial charge is 0.244 e. The lowest BCUT2D eigenvalue weighted by atomic mass is 10.5. The Bertz CT molecular complexity index is 504. The largest absolute Gasteiger partial charge is 0.377 e. The van der Waals surface area contributed by atoms with Gasteiger partial charge in [-0.25, -0.2) is 8.42 Å². The molecule has 0 aliphatic rings. The van der Waals surface area contributed by atoms with E-state index < -0.39 is 10.0 Å². The molecule has 0 radical (unpaired) electrons. The minimum atomic E-state index is -3.48. The highest BCUT2D eigenvalue weighted by Crippen LogP contribution is 2.19. The van der Waals surface area contributed by atoms with E-state index in [1.807, 2.05) is 25.3 Å². The first-order valence-corrected chi connectivity index (χ1v) is 8.63. The van der Waals surface area contributed by atoms with Gasteiger partial charge >= 0.3 is 0 Å². The number of sulfonamides is 1. The van der Waals surface area contributed by atoms with E-state index in [0.717, 1.165) is 5.69 Å². The zero-order chi connectivity index (χ0) is 15.3. The molecule has 0 saturated heterocycles. The third-order valence-electron chi connectivity index (χ3n) is 3.00. The molecule has 116 valence electrons. The number of aryl methyl sites for hydroxylation is 1. The molecule has 0 amide bonds. The van der Waals surface area contributed by atoms with Crippen LogP contribution in [-0.2, 0) is 27.2 Å². The fraction of sp³-hybridized carbons (Fsp3) is 0.692. The number of ether oxygens (including phenoxy) is 1. The van der Waals surface area contributed by atoms with Gasteiger partial charge in [0.15, 0.2) is 0 Å². The molecule has 0 saturated carbocycles. The molecule has 0 spiro atoms. The van der Waals surface area contributed by atoms with Crippen LogP contribution in [0, 0.1) is 0 Å². The molecule has 1 aromatic heterocycles. The van der Waals surface area contributed by atoms with Crippen molar-refractivity contribution in [3.63, 3.8) is 0 Å². The van der Waals surface area contributed by atoms with Crippen molar-refractivity contribution in [2.45, 2.75) is 44.2 Å². The normalized spacial score (nSPS) is 12.6. The van der Waals surface area contributed by atoms with Gasteiger partial charge in [-0.3, -0.25) is 0 Å². The van der Waals surface area contributed by atoms with Crippen LogP contribution in [-0.4, -0.2) is 43.6 Å². The van der Waals surface area contributed by atoms with E-state index in [1.54, 1.807) is 19.3 Å². The summed E-state index contributed by atoms with van der Waals surface area (Å²) in [6.45, 7) is 7.19. The summed E-state index contributed by atoms with van der Waals surface area (Å²) >= 11 is 5.82. The van der Waals surface area contributed by atoms with E-state index in [2.05, 4.69) is 0 Å². The molecule has 0 bridgehead atoms. The van der Waals surface area contributed by atoms with Gasteiger partial charge in [-0.2, -0.15) is 4.31 Å². The zero-order valence-electron chi connectivity index (χ0n) is 12.5. The number of nitrogens with zero attached hydrogens (tertiary/aromatic N) is 2. The third-order valence-corrected chi connectivity index (χ3v) is 5.10. The Labute approximate surface area is 126 Å². The molecule has 0 N–H and O–H groups in total. The van der Waals surface area contributed by atoms with Crippen molar-refractivity contribution in [1.82, 2.24) is 8.87 Å². The Morgan fingerprint density at radius 2 is 2.10 bits per heavy atom. The van der Waals surface area contributed by atoms with Crippen LogP contribution in [0.25, 0.3) is 0 Å². The van der Waals surface area contributed by atoms with Gasteiger partial charge < -0.3 is 9.30 Å². The average molecular weight is 323 g/mol. The van der Waals surface area contributed by atoms with E-state index in [4.69, 9.17) is 16.3 Å². The molecule has 0 unspecified atom stereocenters. The maximum absolute atomic E-state index is 12.4. The Kier molecular flexibility index (Phi) is 6.51. The van der Waals surface area contributed by atoms with E-state index >= 15 is 0 Å². The highest BCUT2D eigenvalue weighted by atomic mass is 35.5. The quantitative estimate of drug-likeness (QED) is 0.690. The second kappa shape index (κ2) is 7.45. The summed E-state index contributed by atoms with van der Waals surface area (Å²) < 4.78 is 33.4. The van der Waals surface area contributed by atoms with Crippen molar-refractivity contribution in [3.8, 4) is 0 Å². The minimum absolute atomic E-state index is 0.0927. The highest BCUT2D eigenvalue weighted by molar-refractivity contribution is 7.89. The van der Waals surface area contributed by atoms with Gasteiger partial charge in [0.2, 0.25) is 10.0 Å². The van der Waals surface area contributed by atoms with Crippen LogP contribution in [0.5, 0.6) is 0 Å². The van der Waals surface area contributed by atoms with Crippen LogP contribution in [0.15, 0.2) is 17.2 Å². The maximum atomic E-state index is 12.4. The molecular weight excluding hydrogens is 300 g/mol. The Balaban J connectivity index is 2.84. The van der Waals surface area contributed by atoms with E-state index in [9.17, 15) is 8.42 Å². The topological polar surface area (TPSA) is 51.5 Å². The van der Waals surface area contributed by atoms with Crippen LogP contribution < -0.4 is 0 Å². The molecule has 5 nitrogen and oxygen atoms in total. The third kappa shape index (κ3) is 4.22. The molecular formula is C13H23ClN2O3S. The Morgan fingerprint density at radius 1 is 1.45 bits per heavy atom. The molecule has 0 fully saturated rings. The molecule has 0 aliphatic carbocycles. The fourth-order valence-electron chi connectivity index (χ4n) is 1.79. The van der Waals surface area contributed by atoms with E-state index in [0.29, 0.717) is 25.6 Å². The Hall–Kier alpha value is -0.560. The van der Waals surface area contributed by atoms with Gasteiger partial charge in [-0.05, 0) is 26.8 Å². The monoisotopic (exact) mass is 322 g/mol. The second-order valence-corrected chi connectivity index (χ2v) is 7.15. The standard InChI is InChI=1S/C13H23ClN2O3S/c1-5-16-10-13(8-12(16)9-14)20(17,18)15(4)6-7-19-11(2)3/h8,10-11H,5-7,9H2,1-4H3. The first-order valence-electron chi connectivity index (χ1n) is 6.65. The number of alkyl halides is 1. The molecule has 1 aromatic rings. The number of rotatable bonds is 8. The summed E-state index contributed by atoms with van der Waals surface area (Å²) in [5.74, 6) is 0.295. The first kappa shape index (κ1) is 17.5. The zero-order valence-corrected chi connectivity index (χ0v) is 14.0. The van der Waals surface area contributed by atoms with Crippen molar-refractivity contribution >= 4 is 21.6 Å². The summed E-state index contributed by atoms with van der Waals surface area (Å²) in [5, 5.41) is 0. The molecule has 20 heavy (non-hydrogen) atoms. The van der Waals surface area contributed by atoms with Crippen LogP contribution in [0.3, 0.4) is 0 Å².